The maximum absolute atomic E-state index is 11.7. The van der Waals surface area contributed by atoms with Crippen molar-refractivity contribution >= 4 is 15.8 Å². The molecular formula is C9H18N4O2S. The Labute approximate surface area is 95.9 Å². The minimum absolute atomic E-state index is 0.0760. The lowest BCUT2D eigenvalue weighted by atomic mass is 10.3. The molecular weight excluding hydrogens is 228 g/mol. The predicted molar refractivity (Wildman–Crippen MR) is 63.3 cm³/mol. The van der Waals surface area contributed by atoms with Crippen molar-refractivity contribution in [2.45, 2.75) is 20.4 Å². The first-order chi connectivity index (χ1) is 7.35. The Hall–Kier alpha value is -1.08. The second kappa shape index (κ2) is 4.84. The number of nitrogens with two attached hydrogens (primary N) is 1. The molecule has 1 rings (SSSR count). The summed E-state index contributed by atoms with van der Waals surface area (Å²) in [6.07, 6.45) is 1.56. The second-order valence-electron chi connectivity index (χ2n) is 4.12. The van der Waals surface area contributed by atoms with E-state index in [4.69, 9.17) is 5.73 Å². The normalized spacial score (nSPS) is 12.1. The number of aryl methyl sites for hydroxylation is 1. The fraction of sp³-hybridized carbons (Fsp3) is 0.667. The van der Waals surface area contributed by atoms with E-state index >= 15 is 0 Å². The molecule has 1 aromatic rings. The van der Waals surface area contributed by atoms with E-state index in [1.807, 2.05) is 13.8 Å². The van der Waals surface area contributed by atoms with E-state index in [9.17, 15) is 8.42 Å². The summed E-state index contributed by atoms with van der Waals surface area (Å²) in [4.78, 5) is 0. The Balaban J connectivity index is 2.91. The van der Waals surface area contributed by atoms with Gasteiger partial charge < -0.3 is 5.73 Å². The summed E-state index contributed by atoms with van der Waals surface area (Å²) in [5, 5.41) is 3.96. The Morgan fingerprint density at radius 2 is 2.19 bits per heavy atom. The van der Waals surface area contributed by atoms with Gasteiger partial charge in [-0.05, 0) is 5.92 Å². The van der Waals surface area contributed by atoms with E-state index in [-0.39, 0.29) is 18.2 Å². The van der Waals surface area contributed by atoms with Crippen LogP contribution < -0.4 is 10.5 Å². The van der Waals surface area contributed by atoms with Crippen molar-refractivity contribution in [2.24, 2.45) is 18.7 Å². The quantitative estimate of drug-likeness (QED) is 0.780. The maximum atomic E-state index is 11.7. The lowest BCUT2D eigenvalue weighted by molar-refractivity contribution is 0.586. The predicted octanol–water partition coefficient (Wildman–Crippen LogP) is 0.277. The van der Waals surface area contributed by atoms with E-state index < -0.39 is 10.0 Å². The number of hydrogen-bond acceptors (Lipinski definition) is 4. The molecule has 0 amide bonds. The lowest BCUT2D eigenvalue weighted by Gasteiger charge is -2.11. The molecule has 0 fully saturated rings. The molecule has 0 aliphatic rings. The molecule has 16 heavy (non-hydrogen) atoms. The second-order valence-corrected chi connectivity index (χ2v) is 5.89. The Morgan fingerprint density at radius 3 is 2.69 bits per heavy atom. The van der Waals surface area contributed by atoms with E-state index in [0.29, 0.717) is 11.4 Å². The smallest absolute Gasteiger partial charge is 0.234 e. The minimum Gasteiger partial charge on any atom is -0.326 e. The van der Waals surface area contributed by atoms with Gasteiger partial charge in [0, 0.05) is 19.2 Å². The Kier molecular flexibility index (Phi) is 3.93. The highest BCUT2D eigenvalue weighted by Crippen LogP contribution is 2.15. The van der Waals surface area contributed by atoms with Crippen LogP contribution in [0.15, 0.2) is 6.20 Å². The van der Waals surface area contributed by atoms with Crippen molar-refractivity contribution in [1.82, 2.24) is 9.78 Å². The van der Waals surface area contributed by atoms with Crippen molar-refractivity contribution in [3.05, 3.63) is 11.8 Å². The largest absolute Gasteiger partial charge is 0.326 e. The van der Waals surface area contributed by atoms with Crippen molar-refractivity contribution in [3.63, 3.8) is 0 Å². The molecule has 0 radical (unpaired) electrons. The van der Waals surface area contributed by atoms with E-state index in [2.05, 4.69) is 9.82 Å². The van der Waals surface area contributed by atoms with Crippen molar-refractivity contribution in [1.29, 1.82) is 0 Å². The van der Waals surface area contributed by atoms with Gasteiger partial charge in [0.05, 0.1) is 11.9 Å². The Bertz CT molecular complexity index is 450. The summed E-state index contributed by atoms with van der Waals surface area (Å²) >= 11 is 0. The van der Waals surface area contributed by atoms with Gasteiger partial charge in [-0.25, -0.2) is 8.42 Å². The highest BCUT2D eigenvalue weighted by atomic mass is 32.2. The Morgan fingerprint density at radius 1 is 1.56 bits per heavy atom. The standard InChI is InChI=1S/C9H18N4O2S/c1-7(2)6-16(14,15)12-9-8(4-10)5-11-13(9)3/h5,7,12H,4,6,10H2,1-3H3. The monoisotopic (exact) mass is 246 g/mol. The lowest BCUT2D eigenvalue weighted by Crippen LogP contribution is -2.22. The van der Waals surface area contributed by atoms with Crippen molar-refractivity contribution in [3.8, 4) is 0 Å². The summed E-state index contributed by atoms with van der Waals surface area (Å²) in [5.74, 6) is 0.609. The van der Waals surface area contributed by atoms with Crippen LogP contribution in [0.4, 0.5) is 5.82 Å². The number of nitrogens with one attached hydrogen (secondary N) is 1. The van der Waals surface area contributed by atoms with Gasteiger partial charge in [0.2, 0.25) is 10.0 Å². The van der Waals surface area contributed by atoms with Crippen LogP contribution in [0.3, 0.4) is 0 Å². The van der Waals surface area contributed by atoms with Crippen molar-refractivity contribution in [2.75, 3.05) is 10.5 Å². The number of sulfonamides is 1. The number of aromatic nitrogens is 2. The van der Waals surface area contributed by atoms with Crippen molar-refractivity contribution < 1.29 is 8.42 Å². The SMILES string of the molecule is CC(C)CS(=O)(=O)Nc1c(CN)cnn1C. The van der Waals surface area contributed by atoms with Crippen LogP contribution in [0.2, 0.25) is 0 Å². The number of rotatable bonds is 5. The van der Waals surface area contributed by atoms with Gasteiger partial charge in [0.1, 0.15) is 5.82 Å². The number of anilines is 1. The van der Waals surface area contributed by atoms with Gasteiger partial charge in [0.25, 0.3) is 0 Å². The number of hydrogen-bond donors (Lipinski definition) is 2. The zero-order chi connectivity index (χ0) is 12.3. The highest BCUT2D eigenvalue weighted by Gasteiger charge is 2.17. The summed E-state index contributed by atoms with van der Waals surface area (Å²) in [7, 11) is -1.65. The van der Waals surface area contributed by atoms with Crippen LogP contribution in [0, 0.1) is 5.92 Å². The van der Waals surface area contributed by atoms with Crippen LogP contribution >= 0.6 is 0 Å². The fourth-order valence-corrected chi connectivity index (χ4v) is 2.91. The van der Waals surface area contributed by atoms with Gasteiger partial charge in [-0.3, -0.25) is 9.40 Å². The topological polar surface area (TPSA) is 90.0 Å². The number of nitrogens with zero attached hydrogens (tertiary/aromatic N) is 2. The fourth-order valence-electron chi connectivity index (χ4n) is 1.39. The molecule has 6 nitrogen and oxygen atoms in total. The molecule has 0 aliphatic heterocycles. The minimum atomic E-state index is -3.33. The summed E-state index contributed by atoms with van der Waals surface area (Å²) < 4.78 is 27.5. The molecule has 0 atom stereocenters. The van der Waals surface area contributed by atoms with E-state index in [1.165, 1.54) is 4.68 Å². The van der Waals surface area contributed by atoms with E-state index in [1.54, 1.807) is 13.2 Å². The molecule has 0 spiro atoms. The summed E-state index contributed by atoms with van der Waals surface area (Å²) in [5.41, 5.74) is 6.19. The third-order valence-electron chi connectivity index (χ3n) is 2.04. The molecule has 0 unspecified atom stereocenters. The van der Waals surface area contributed by atoms with Gasteiger partial charge in [-0.15, -0.1) is 0 Å². The molecule has 0 aromatic carbocycles. The van der Waals surface area contributed by atoms with Crippen LogP contribution in [-0.2, 0) is 23.6 Å². The third-order valence-corrected chi connectivity index (χ3v) is 3.65. The molecule has 0 aliphatic carbocycles. The first kappa shape index (κ1) is 13.0. The van der Waals surface area contributed by atoms with Crippen LogP contribution in [0.25, 0.3) is 0 Å². The van der Waals surface area contributed by atoms with E-state index in [0.717, 1.165) is 0 Å². The van der Waals surface area contributed by atoms with Gasteiger partial charge in [-0.2, -0.15) is 5.10 Å². The van der Waals surface area contributed by atoms with Gasteiger partial charge in [0.15, 0.2) is 0 Å². The first-order valence-corrected chi connectivity index (χ1v) is 6.72. The zero-order valence-electron chi connectivity index (χ0n) is 9.77. The molecule has 0 saturated heterocycles. The van der Waals surface area contributed by atoms with Gasteiger partial charge in [-0.1, -0.05) is 13.8 Å². The zero-order valence-corrected chi connectivity index (χ0v) is 10.6. The highest BCUT2D eigenvalue weighted by molar-refractivity contribution is 7.92. The first-order valence-electron chi connectivity index (χ1n) is 5.07. The van der Waals surface area contributed by atoms with Crippen LogP contribution in [0.1, 0.15) is 19.4 Å². The summed E-state index contributed by atoms with van der Waals surface area (Å²) in [6.45, 7) is 3.96. The molecule has 1 heterocycles. The molecule has 3 N–H and O–H groups in total. The average Bonchev–Trinajstić information content (AvgIpc) is 2.45. The third kappa shape index (κ3) is 3.21. The van der Waals surface area contributed by atoms with Crippen LogP contribution in [0.5, 0.6) is 0 Å². The molecule has 1 aromatic heterocycles. The van der Waals surface area contributed by atoms with Gasteiger partial charge >= 0.3 is 0 Å². The van der Waals surface area contributed by atoms with Crippen LogP contribution in [-0.4, -0.2) is 24.0 Å². The maximum Gasteiger partial charge on any atom is 0.234 e. The molecule has 0 saturated carbocycles. The molecule has 92 valence electrons. The summed E-state index contributed by atoms with van der Waals surface area (Å²) in [6, 6.07) is 0. The average molecular weight is 246 g/mol. The molecule has 7 heteroatoms. The molecule has 0 bridgehead atoms.